The van der Waals surface area contributed by atoms with Crippen molar-refractivity contribution in [2.75, 3.05) is 11.9 Å². The summed E-state index contributed by atoms with van der Waals surface area (Å²) in [7, 11) is 1.91. The molecule has 0 aromatic carbocycles. The molecule has 0 aliphatic carbocycles. The maximum Gasteiger partial charge on any atom is 0.130 e. The Morgan fingerprint density at radius 1 is 1.35 bits per heavy atom. The fraction of sp³-hybridized carbons (Fsp3) is 0.417. The molecule has 0 fully saturated rings. The number of nitrogens with zero attached hydrogens (tertiary/aromatic N) is 4. The third kappa shape index (κ3) is 2.61. The Hall–Kier alpha value is -1.91. The lowest BCUT2D eigenvalue weighted by Crippen LogP contribution is -2.05. The molecular formula is C12H17N5. The number of nitrogens with one attached hydrogen (secondary N) is 1. The van der Waals surface area contributed by atoms with Gasteiger partial charge < -0.3 is 5.32 Å². The normalized spacial score (nSPS) is 10.5. The van der Waals surface area contributed by atoms with Gasteiger partial charge in [-0.2, -0.15) is 5.10 Å². The molecule has 0 bridgehead atoms. The second kappa shape index (κ2) is 4.95. The van der Waals surface area contributed by atoms with Crippen LogP contribution in [0.15, 0.2) is 18.3 Å². The standard InChI is InChI=1S/C12H17N5/c1-4-6-13-12-8-10(15-9(2)16-12)11-5-7-14-17(11)3/h5,7-8H,4,6H2,1-3H3,(H,13,15,16). The van der Waals surface area contributed by atoms with Gasteiger partial charge >= 0.3 is 0 Å². The predicted octanol–water partition coefficient (Wildman–Crippen LogP) is 2.01. The molecule has 2 heterocycles. The molecule has 2 aromatic rings. The zero-order valence-electron chi connectivity index (χ0n) is 10.4. The van der Waals surface area contributed by atoms with E-state index in [0.29, 0.717) is 0 Å². The molecule has 2 aromatic heterocycles. The van der Waals surface area contributed by atoms with Crippen molar-refractivity contribution in [3.63, 3.8) is 0 Å². The highest BCUT2D eigenvalue weighted by Gasteiger charge is 2.07. The van der Waals surface area contributed by atoms with Crippen LogP contribution in [0.1, 0.15) is 19.2 Å². The van der Waals surface area contributed by atoms with E-state index in [-0.39, 0.29) is 0 Å². The van der Waals surface area contributed by atoms with E-state index in [1.807, 2.05) is 30.8 Å². The Morgan fingerprint density at radius 3 is 2.82 bits per heavy atom. The van der Waals surface area contributed by atoms with Gasteiger partial charge in [0.05, 0.1) is 11.4 Å². The van der Waals surface area contributed by atoms with E-state index in [4.69, 9.17) is 0 Å². The quantitative estimate of drug-likeness (QED) is 0.874. The summed E-state index contributed by atoms with van der Waals surface area (Å²) in [5.41, 5.74) is 1.89. The highest BCUT2D eigenvalue weighted by Crippen LogP contribution is 2.18. The first-order valence-corrected chi connectivity index (χ1v) is 5.78. The lowest BCUT2D eigenvalue weighted by Gasteiger charge is -2.07. The molecule has 0 amide bonds. The van der Waals surface area contributed by atoms with Gasteiger partial charge in [0.1, 0.15) is 11.6 Å². The van der Waals surface area contributed by atoms with E-state index in [2.05, 4.69) is 27.3 Å². The molecule has 0 aliphatic rings. The molecule has 0 aliphatic heterocycles. The van der Waals surface area contributed by atoms with Crippen LogP contribution >= 0.6 is 0 Å². The van der Waals surface area contributed by atoms with Gasteiger partial charge in [0.15, 0.2) is 0 Å². The minimum atomic E-state index is 0.766. The molecule has 1 N–H and O–H groups in total. The van der Waals surface area contributed by atoms with Gasteiger partial charge in [-0.05, 0) is 19.4 Å². The van der Waals surface area contributed by atoms with Crippen molar-refractivity contribution in [3.05, 3.63) is 24.2 Å². The third-order valence-electron chi connectivity index (χ3n) is 2.48. The highest BCUT2D eigenvalue weighted by atomic mass is 15.3. The van der Waals surface area contributed by atoms with Crippen LogP contribution in [0.25, 0.3) is 11.4 Å². The zero-order chi connectivity index (χ0) is 12.3. The number of hydrogen-bond donors (Lipinski definition) is 1. The smallest absolute Gasteiger partial charge is 0.130 e. The average molecular weight is 231 g/mol. The van der Waals surface area contributed by atoms with Crippen molar-refractivity contribution < 1.29 is 0 Å². The highest BCUT2D eigenvalue weighted by molar-refractivity contribution is 5.58. The maximum absolute atomic E-state index is 4.43. The molecule has 0 atom stereocenters. The topological polar surface area (TPSA) is 55.6 Å². The summed E-state index contributed by atoms with van der Waals surface area (Å²) < 4.78 is 1.81. The van der Waals surface area contributed by atoms with E-state index in [9.17, 15) is 0 Å². The molecule has 0 unspecified atom stereocenters. The van der Waals surface area contributed by atoms with Crippen molar-refractivity contribution in [2.45, 2.75) is 20.3 Å². The van der Waals surface area contributed by atoms with E-state index in [1.54, 1.807) is 6.20 Å². The van der Waals surface area contributed by atoms with Crippen LogP contribution in [0.3, 0.4) is 0 Å². The summed E-state index contributed by atoms with van der Waals surface area (Å²) >= 11 is 0. The van der Waals surface area contributed by atoms with Crippen LogP contribution in [-0.2, 0) is 7.05 Å². The van der Waals surface area contributed by atoms with E-state index in [0.717, 1.165) is 36.0 Å². The summed E-state index contributed by atoms with van der Waals surface area (Å²) in [6.45, 7) is 4.95. The molecule has 0 saturated heterocycles. The van der Waals surface area contributed by atoms with Crippen LogP contribution in [0.2, 0.25) is 0 Å². The summed E-state index contributed by atoms with van der Waals surface area (Å²) in [4.78, 5) is 8.79. The fourth-order valence-electron chi connectivity index (χ4n) is 1.67. The van der Waals surface area contributed by atoms with Gasteiger partial charge in [-0.1, -0.05) is 6.92 Å². The van der Waals surface area contributed by atoms with Gasteiger partial charge in [-0.15, -0.1) is 0 Å². The zero-order valence-corrected chi connectivity index (χ0v) is 10.4. The van der Waals surface area contributed by atoms with Crippen molar-refractivity contribution in [3.8, 4) is 11.4 Å². The first kappa shape index (κ1) is 11.6. The number of aromatic nitrogens is 4. The first-order valence-electron chi connectivity index (χ1n) is 5.78. The van der Waals surface area contributed by atoms with E-state index in [1.165, 1.54) is 0 Å². The van der Waals surface area contributed by atoms with Crippen LogP contribution < -0.4 is 5.32 Å². The number of hydrogen-bond acceptors (Lipinski definition) is 4. The monoisotopic (exact) mass is 231 g/mol. The fourth-order valence-corrected chi connectivity index (χ4v) is 1.67. The second-order valence-electron chi connectivity index (χ2n) is 3.95. The minimum absolute atomic E-state index is 0.766. The molecular weight excluding hydrogens is 214 g/mol. The van der Waals surface area contributed by atoms with E-state index < -0.39 is 0 Å². The van der Waals surface area contributed by atoms with Gasteiger partial charge in [0.2, 0.25) is 0 Å². The van der Waals surface area contributed by atoms with Gasteiger partial charge in [-0.3, -0.25) is 4.68 Å². The summed E-state index contributed by atoms with van der Waals surface area (Å²) in [6.07, 6.45) is 2.84. The molecule has 17 heavy (non-hydrogen) atoms. The Morgan fingerprint density at radius 2 is 2.18 bits per heavy atom. The van der Waals surface area contributed by atoms with Crippen LogP contribution in [-0.4, -0.2) is 26.3 Å². The van der Waals surface area contributed by atoms with Crippen molar-refractivity contribution >= 4 is 5.82 Å². The largest absolute Gasteiger partial charge is 0.370 e. The van der Waals surface area contributed by atoms with Crippen LogP contribution in [0.5, 0.6) is 0 Å². The average Bonchev–Trinajstić information content (AvgIpc) is 2.72. The lowest BCUT2D eigenvalue weighted by atomic mass is 10.3. The number of aryl methyl sites for hydroxylation is 2. The first-order chi connectivity index (χ1) is 8.20. The molecule has 0 saturated carbocycles. The Kier molecular flexibility index (Phi) is 3.37. The van der Waals surface area contributed by atoms with E-state index >= 15 is 0 Å². The van der Waals surface area contributed by atoms with Crippen molar-refractivity contribution in [1.82, 2.24) is 19.7 Å². The molecule has 0 radical (unpaired) electrons. The Labute approximate surface area is 101 Å². The molecule has 5 nitrogen and oxygen atoms in total. The molecule has 2 rings (SSSR count). The number of anilines is 1. The van der Waals surface area contributed by atoms with Gasteiger partial charge in [-0.25, -0.2) is 9.97 Å². The van der Waals surface area contributed by atoms with Crippen LogP contribution in [0.4, 0.5) is 5.82 Å². The molecule has 0 spiro atoms. The molecule has 5 heteroatoms. The van der Waals surface area contributed by atoms with Crippen LogP contribution in [0, 0.1) is 6.92 Å². The summed E-state index contributed by atoms with van der Waals surface area (Å²) in [5.74, 6) is 1.64. The Bertz CT molecular complexity index is 503. The second-order valence-corrected chi connectivity index (χ2v) is 3.95. The third-order valence-corrected chi connectivity index (χ3v) is 2.48. The summed E-state index contributed by atoms with van der Waals surface area (Å²) in [6, 6.07) is 3.91. The minimum Gasteiger partial charge on any atom is -0.370 e. The van der Waals surface area contributed by atoms with Crippen molar-refractivity contribution in [2.24, 2.45) is 7.05 Å². The molecule has 90 valence electrons. The van der Waals surface area contributed by atoms with Gasteiger partial charge in [0.25, 0.3) is 0 Å². The SMILES string of the molecule is CCCNc1cc(-c2ccnn2C)nc(C)n1. The predicted molar refractivity (Wildman–Crippen MR) is 67.8 cm³/mol. The van der Waals surface area contributed by atoms with Crippen molar-refractivity contribution in [1.29, 1.82) is 0 Å². The summed E-state index contributed by atoms with van der Waals surface area (Å²) in [5, 5.41) is 7.43. The Balaban J connectivity index is 2.35. The lowest BCUT2D eigenvalue weighted by molar-refractivity contribution is 0.772. The van der Waals surface area contributed by atoms with Gasteiger partial charge in [0, 0.05) is 25.9 Å². The number of rotatable bonds is 4. The maximum atomic E-state index is 4.43.